The summed E-state index contributed by atoms with van der Waals surface area (Å²) in [4.78, 5) is 0. The van der Waals surface area contributed by atoms with Crippen LogP contribution >= 0.6 is 66.4 Å². The molecule has 0 aliphatic heterocycles. The summed E-state index contributed by atoms with van der Waals surface area (Å²) in [6.07, 6.45) is 0. The van der Waals surface area contributed by atoms with Crippen LogP contribution in [0.4, 0.5) is 4.39 Å². The third-order valence-corrected chi connectivity index (χ3v) is 5.37. The fraction of sp³-hybridized carbons (Fsp3) is 0.0909. The summed E-state index contributed by atoms with van der Waals surface area (Å²) >= 11 is 20.3. The lowest BCUT2D eigenvalue weighted by molar-refractivity contribution is 0.626. The van der Waals surface area contributed by atoms with Crippen molar-refractivity contribution < 1.29 is 4.39 Å². The number of hydrogen-bond donors (Lipinski definition) is 0. The zero-order chi connectivity index (χ0) is 12.6. The van der Waals surface area contributed by atoms with Crippen molar-refractivity contribution in [3.05, 3.63) is 53.8 Å². The Hall–Kier alpha value is 0.390. The van der Waals surface area contributed by atoms with E-state index in [1.54, 1.807) is 6.07 Å². The van der Waals surface area contributed by atoms with Crippen LogP contribution in [0.1, 0.15) is 16.5 Å². The van der Waals surface area contributed by atoms with E-state index < -0.39 is 11.2 Å². The average molecular weight is 419 g/mol. The van der Waals surface area contributed by atoms with Crippen LogP contribution in [0.15, 0.2) is 31.8 Å². The zero-order valence-corrected chi connectivity index (χ0v) is 13.7. The smallest absolute Gasteiger partial charge is 0.142 e. The Morgan fingerprint density at radius 1 is 1.24 bits per heavy atom. The molecule has 0 saturated heterocycles. The van der Waals surface area contributed by atoms with Crippen LogP contribution in [-0.2, 0) is 0 Å². The second-order valence-corrected chi connectivity index (χ2v) is 7.91. The van der Waals surface area contributed by atoms with Gasteiger partial charge in [-0.2, -0.15) is 0 Å². The number of benzene rings is 1. The first-order valence-corrected chi connectivity index (χ1v) is 7.74. The molecule has 0 N–H and O–H groups in total. The number of rotatable bonds is 2. The standard InChI is InChI=1S/C11H5Br2Cl2FS/c12-9-4-6(11(13)17-9)10(15)5-1-2-7(14)8(16)3-5/h1-4,10H. The lowest BCUT2D eigenvalue weighted by atomic mass is 10.1. The van der Waals surface area contributed by atoms with E-state index in [1.165, 1.54) is 23.5 Å². The summed E-state index contributed by atoms with van der Waals surface area (Å²) in [5, 5.41) is -0.304. The highest BCUT2D eigenvalue weighted by molar-refractivity contribution is 9.12. The van der Waals surface area contributed by atoms with Gasteiger partial charge in [0.15, 0.2) is 0 Å². The normalized spacial score (nSPS) is 12.8. The first kappa shape index (κ1) is 13.8. The highest BCUT2D eigenvalue weighted by Crippen LogP contribution is 2.41. The Labute approximate surface area is 129 Å². The molecule has 0 nitrogen and oxygen atoms in total. The quantitative estimate of drug-likeness (QED) is 0.495. The molecule has 0 saturated carbocycles. The van der Waals surface area contributed by atoms with E-state index in [2.05, 4.69) is 31.9 Å². The maximum Gasteiger partial charge on any atom is 0.142 e. The molecule has 1 aromatic heterocycles. The fourth-order valence-corrected chi connectivity index (χ4v) is 4.90. The molecule has 0 bridgehead atoms. The molecule has 0 spiro atoms. The minimum atomic E-state index is -0.458. The molecule has 2 aromatic rings. The highest BCUT2D eigenvalue weighted by Gasteiger charge is 2.17. The molecule has 1 unspecified atom stereocenters. The molecule has 6 heteroatoms. The van der Waals surface area contributed by atoms with Gasteiger partial charge in [-0.15, -0.1) is 22.9 Å². The molecule has 0 aliphatic carbocycles. The largest absolute Gasteiger partial charge is 0.205 e. The molecule has 0 amide bonds. The van der Waals surface area contributed by atoms with Crippen LogP contribution in [0.3, 0.4) is 0 Å². The number of halogens is 5. The van der Waals surface area contributed by atoms with E-state index in [0.717, 1.165) is 13.1 Å². The molecule has 17 heavy (non-hydrogen) atoms. The third-order valence-electron chi connectivity index (χ3n) is 2.19. The monoisotopic (exact) mass is 416 g/mol. The molecule has 1 aromatic carbocycles. The number of alkyl halides is 1. The van der Waals surface area contributed by atoms with Gasteiger partial charge in [-0.05, 0) is 55.6 Å². The van der Waals surface area contributed by atoms with Gasteiger partial charge < -0.3 is 0 Å². The maximum absolute atomic E-state index is 13.4. The minimum absolute atomic E-state index is 0.100. The van der Waals surface area contributed by atoms with Crippen molar-refractivity contribution >= 4 is 66.4 Å². The van der Waals surface area contributed by atoms with Gasteiger partial charge in [0.25, 0.3) is 0 Å². The fourth-order valence-electron chi connectivity index (χ4n) is 1.38. The van der Waals surface area contributed by atoms with E-state index in [1.807, 2.05) is 6.07 Å². The SMILES string of the molecule is Fc1cc(C(Cl)c2cc(Br)sc2Br)ccc1Cl. The van der Waals surface area contributed by atoms with Gasteiger partial charge in [0.2, 0.25) is 0 Å². The molecular formula is C11H5Br2Cl2FS. The summed E-state index contributed by atoms with van der Waals surface area (Å²) < 4.78 is 15.3. The predicted molar refractivity (Wildman–Crippen MR) is 78.8 cm³/mol. The third kappa shape index (κ3) is 3.04. The van der Waals surface area contributed by atoms with E-state index in [0.29, 0.717) is 5.56 Å². The van der Waals surface area contributed by atoms with Crippen molar-refractivity contribution in [2.75, 3.05) is 0 Å². The van der Waals surface area contributed by atoms with Gasteiger partial charge >= 0.3 is 0 Å². The number of hydrogen-bond acceptors (Lipinski definition) is 1. The lowest BCUT2D eigenvalue weighted by Gasteiger charge is -2.09. The van der Waals surface area contributed by atoms with E-state index >= 15 is 0 Å². The van der Waals surface area contributed by atoms with E-state index in [9.17, 15) is 4.39 Å². The minimum Gasteiger partial charge on any atom is -0.205 e. The van der Waals surface area contributed by atoms with Crippen molar-refractivity contribution in [2.45, 2.75) is 5.38 Å². The second-order valence-electron chi connectivity index (χ2n) is 3.32. The highest BCUT2D eigenvalue weighted by atomic mass is 79.9. The number of thiophene rings is 1. The predicted octanol–water partition coefficient (Wildman–Crippen LogP) is 6.39. The first-order chi connectivity index (χ1) is 7.99. The van der Waals surface area contributed by atoms with Gasteiger partial charge in [0.1, 0.15) is 5.82 Å². The topological polar surface area (TPSA) is 0 Å². The molecule has 2 rings (SSSR count). The Morgan fingerprint density at radius 3 is 2.47 bits per heavy atom. The maximum atomic E-state index is 13.4. The molecule has 0 radical (unpaired) electrons. The Morgan fingerprint density at radius 2 is 1.94 bits per heavy atom. The van der Waals surface area contributed by atoms with Gasteiger partial charge in [0.05, 0.1) is 18.0 Å². The van der Waals surface area contributed by atoms with Crippen LogP contribution in [0, 0.1) is 5.82 Å². The second kappa shape index (κ2) is 5.57. The zero-order valence-electron chi connectivity index (χ0n) is 8.18. The summed E-state index contributed by atoms with van der Waals surface area (Å²) in [6, 6.07) is 6.51. The van der Waals surface area contributed by atoms with Crippen LogP contribution in [0.2, 0.25) is 5.02 Å². The van der Waals surface area contributed by atoms with Gasteiger partial charge in [-0.1, -0.05) is 17.7 Å². The van der Waals surface area contributed by atoms with Crippen molar-refractivity contribution in [1.82, 2.24) is 0 Å². The van der Waals surface area contributed by atoms with Crippen molar-refractivity contribution in [3.63, 3.8) is 0 Å². The van der Waals surface area contributed by atoms with Crippen molar-refractivity contribution in [1.29, 1.82) is 0 Å². The lowest BCUT2D eigenvalue weighted by Crippen LogP contribution is -1.93. The molecule has 1 heterocycles. The summed E-state index contributed by atoms with van der Waals surface area (Å²) in [5.41, 5.74) is 1.59. The van der Waals surface area contributed by atoms with Gasteiger partial charge in [-0.25, -0.2) is 4.39 Å². The Kier molecular flexibility index (Phi) is 4.53. The van der Waals surface area contributed by atoms with E-state index in [-0.39, 0.29) is 5.02 Å². The van der Waals surface area contributed by atoms with Crippen molar-refractivity contribution in [2.24, 2.45) is 0 Å². The van der Waals surface area contributed by atoms with Crippen LogP contribution < -0.4 is 0 Å². The molecular weight excluding hydrogens is 414 g/mol. The Balaban J connectivity index is 2.40. The van der Waals surface area contributed by atoms with Crippen molar-refractivity contribution in [3.8, 4) is 0 Å². The van der Waals surface area contributed by atoms with Gasteiger partial charge in [-0.3, -0.25) is 0 Å². The molecule has 90 valence electrons. The van der Waals surface area contributed by atoms with Crippen LogP contribution in [0.25, 0.3) is 0 Å². The Bertz CT molecular complexity index is 556. The first-order valence-electron chi connectivity index (χ1n) is 4.53. The van der Waals surface area contributed by atoms with Crippen LogP contribution in [-0.4, -0.2) is 0 Å². The van der Waals surface area contributed by atoms with Gasteiger partial charge in [0, 0.05) is 5.56 Å². The summed E-state index contributed by atoms with van der Waals surface area (Å²) in [6.45, 7) is 0. The summed E-state index contributed by atoms with van der Waals surface area (Å²) in [7, 11) is 0. The molecule has 0 aliphatic rings. The van der Waals surface area contributed by atoms with E-state index in [4.69, 9.17) is 23.2 Å². The molecule has 0 fully saturated rings. The average Bonchev–Trinajstić information content (AvgIpc) is 2.61. The molecule has 1 atom stereocenters. The van der Waals surface area contributed by atoms with Crippen LogP contribution in [0.5, 0.6) is 0 Å². The summed E-state index contributed by atoms with van der Waals surface area (Å²) in [5.74, 6) is -0.458.